The van der Waals surface area contributed by atoms with Crippen molar-refractivity contribution >= 4 is 23.5 Å². The van der Waals surface area contributed by atoms with Gasteiger partial charge in [0.1, 0.15) is 0 Å². The molecule has 0 aliphatic carbocycles. The Balaban J connectivity index is 1.63. The molecule has 5 heteroatoms. The molecule has 1 aromatic rings. The van der Waals surface area contributed by atoms with E-state index in [1.54, 1.807) is 0 Å². The summed E-state index contributed by atoms with van der Waals surface area (Å²) in [5.74, 6) is 2.21. The lowest BCUT2D eigenvalue weighted by molar-refractivity contribution is 0.151. The number of piperidine rings is 1. The highest BCUT2D eigenvalue weighted by molar-refractivity contribution is 7.99. The van der Waals surface area contributed by atoms with Gasteiger partial charge in [0.15, 0.2) is 0 Å². The summed E-state index contributed by atoms with van der Waals surface area (Å²) in [4.78, 5) is 17.4. The Kier molecular flexibility index (Phi) is 6.22. The Labute approximate surface area is 143 Å². The Morgan fingerprint density at radius 2 is 1.87 bits per heavy atom. The standard InChI is InChI=1S/C18H27N3OS/c22-18(19-16-8-3-1-4-9-16)21-12-7-13-23-15-17(21)14-20-10-5-2-6-11-20/h1,3-4,8-9,17H,2,5-7,10-15H2,(H,19,22). The van der Waals surface area contributed by atoms with Crippen LogP contribution in [0.5, 0.6) is 0 Å². The zero-order valence-electron chi connectivity index (χ0n) is 13.7. The summed E-state index contributed by atoms with van der Waals surface area (Å²) >= 11 is 1.99. The molecule has 1 N–H and O–H groups in total. The zero-order valence-corrected chi connectivity index (χ0v) is 14.6. The molecule has 126 valence electrons. The SMILES string of the molecule is O=C(Nc1ccccc1)N1CCCSCC1CN1CCCCC1. The molecule has 0 aromatic heterocycles. The first kappa shape index (κ1) is 16.7. The van der Waals surface area contributed by atoms with Crippen molar-refractivity contribution in [1.29, 1.82) is 0 Å². The number of carbonyl (C=O) groups excluding carboxylic acids is 1. The van der Waals surface area contributed by atoms with E-state index in [1.165, 1.54) is 32.4 Å². The lowest BCUT2D eigenvalue weighted by atomic mass is 10.1. The number of para-hydroxylation sites is 1. The average molecular weight is 334 g/mol. The van der Waals surface area contributed by atoms with Crippen molar-refractivity contribution in [2.75, 3.05) is 43.0 Å². The van der Waals surface area contributed by atoms with Crippen LogP contribution in [0.2, 0.25) is 0 Å². The molecule has 3 rings (SSSR count). The molecule has 4 nitrogen and oxygen atoms in total. The minimum absolute atomic E-state index is 0.0562. The van der Waals surface area contributed by atoms with E-state index in [0.29, 0.717) is 6.04 Å². The molecule has 0 saturated carbocycles. The van der Waals surface area contributed by atoms with Gasteiger partial charge in [-0.05, 0) is 50.2 Å². The van der Waals surface area contributed by atoms with E-state index in [2.05, 4.69) is 15.1 Å². The quantitative estimate of drug-likeness (QED) is 0.919. The minimum Gasteiger partial charge on any atom is -0.319 e. The van der Waals surface area contributed by atoms with Crippen LogP contribution in [0.3, 0.4) is 0 Å². The number of amides is 2. The van der Waals surface area contributed by atoms with E-state index < -0.39 is 0 Å². The van der Waals surface area contributed by atoms with Crippen molar-refractivity contribution in [3.8, 4) is 0 Å². The summed E-state index contributed by atoms with van der Waals surface area (Å²) < 4.78 is 0. The van der Waals surface area contributed by atoms with E-state index in [0.717, 1.165) is 36.7 Å². The second-order valence-electron chi connectivity index (χ2n) is 6.43. The first-order chi connectivity index (χ1) is 11.3. The highest BCUT2D eigenvalue weighted by Gasteiger charge is 2.28. The summed E-state index contributed by atoms with van der Waals surface area (Å²) in [6.45, 7) is 4.27. The molecule has 2 aliphatic heterocycles. The van der Waals surface area contributed by atoms with Gasteiger partial charge >= 0.3 is 6.03 Å². The normalized spacial score (nSPS) is 23.3. The Bertz CT molecular complexity index is 490. The van der Waals surface area contributed by atoms with Crippen molar-refractivity contribution in [3.63, 3.8) is 0 Å². The maximum absolute atomic E-state index is 12.8. The number of hydrogen-bond donors (Lipinski definition) is 1. The summed E-state index contributed by atoms with van der Waals surface area (Å²) in [6, 6.07) is 10.2. The second kappa shape index (κ2) is 8.60. The highest BCUT2D eigenvalue weighted by atomic mass is 32.2. The van der Waals surface area contributed by atoms with Crippen LogP contribution in [0, 0.1) is 0 Å². The van der Waals surface area contributed by atoms with Gasteiger partial charge in [0.2, 0.25) is 0 Å². The van der Waals surface area contributed by atoms with Crippen LogP contribution in [0.4, 0.5) is 10.5 Å². The number of thioether (sulfide) groups is 1. The molecule has 23 heavy (non-hydrogen) atoms. The number of nitrogens with zero attached hydrogens (tertiary/aromatic N) is 2. The number of hydrogen-bond acceptors (Lipinski definition) is 3. The third-order valence-electron chi connectivity index (χ3n) is 4.64. The molecule has 2 aliphatic rings. The monoisotopic (exact) mass is 333 g/mol. The van der Waals surface area contributed by atoms with Gasteiger partial charge in [-0.2, -0.15) is 11.8 Å². The first-order valence-electron chi connectivity index (χ1n) is 8.76. The van der Waals surface area contributed by atoms with Crippen LogP contribution in [0.15, 0.2) is 30.3 Å². The molecule has 1 unspecified atom stereocenters. The van der Waals surface area contributed by atoms with Crippen molar-refractivity contribution in [2.24, 2.45) is 0 Å². The van der Waals surface area contributed by atoms with Crippen molar-refractivity contribution in [3.05, 3.63) is 30.3 Å². The molecular formula is C18H27N3OS. The largest absolute Gasteiger partial charge is 0.322 e. The summed E-state index contributed by atoms with van der Waals surface area (Å²) in [5, 5.41) is 3.07. The predicted octanol–water partition coefficient (Wildman–Crippen LogP) is 3.51. The van der Waals surface area contributed by atoms with E-state index in [1.807, 2.05) is 42.1 Å². The molecular weight excluding hydrogens is 306 g/mol. The van der Waals surface area contributed by atoms with E-state index in [-0.39, 0.29) is 6.03 Å². The summed E-state index contributed by atoms with van der Waals surface area (Å²) in [6.07, 6.45) is 5.05. The van der Waals surface area contributed by atoms with E-state index in [4.69, 9.17) is 0 Å². The summed E-state index contributed by atoms with van der Waals surface area (Å²) in [7, 11) is 0. The number of anilines is 1. The third-order valence-corrected chi connectivity index (χ3v) is 5.84. The molecule has 0 spiro atoms. The molecule has 2 fully saturated rings. The minimum atomic E-state index is 0.0562. The van der Waals surface area contributed by atoms with Gasteiger partial charge in [0.05, 0.1) is 6.04 Å². The number of benzene rings is 1. The Morgan fingerprint density at radius 3 is 2.65 bits per heavy atom. The van der Waals surface area contributed by atoms with Gasteiger partial charge in [-0.3, -0.25) is 0 Å². The molecule has 1 aromatic carbocycles. The van der Waals surface area contributed by atoms with Crippen molar-refractivity contribution in [2.45, 2.75) is 31.7 Å². The average Bonchev–Trinajstić information content (AvgIpc) is 2.82. The Hall–Kier alpha value is -1.20. The maximum atomic E-state index is 12.8. The van der Waals surface area contributed by atoms with Crippen LogP contribution in [-0.4, -0.2) is 59.6 Å². The summed E-state index contributed by atoms with van der Waals surface area (Å²) in [5.41, 5.74) is 0.881. The number of likely N-dealkylation sites (tertiary alicyclic amines) is 1. The second-order valence-corrected chi connectivity index (χ2v) is 7.58. The highest BCUT2D eigenvalue weighted by Crippen LogP contribution is 2.20. The van der Waals surface area contributed by atoms with Crippen LogP contribution in [0.1, 0.15) is 25.7 Å². The number of urea groups is 1. The fourth-order valence-electron chi connectivity index (χ4n) is 3.40. The van der Waals surface area contributed by atoms with Crippen LogP contribution in [0.25, 0.3) is 0 Å². The zero-order chi connectivity index (χ0) is 15.9. The fraction of sp³-hybridized carbons (Fsp3) is 0.611. The maximum Gasteiger partial charge on any atom is 0.322 e. The fourth-order valence-corrected chi connectivity index (χ4v) is 4.46. The van der Waals surface area contributed by atoms with Crippen LogP contribution < -0.4 is 5.32 Å². The molecule has 2 amide bonds. The first-order valence-corrected chi connectivity index (χ1v) is 9.91. The van der Waals surface area contributed by atoms with Gasteiger partial charge in [-0.25, -0.2) is 4.79 Å². The number of carbonyl (C=O) groups is 1. The van der Waals surface area contributed by atoms with Crippen molar-refractivity contribution in [1.82, 2.24) is 9.80 Å². The van der Waals surface area contributed by atoms with Crippen LogP contribution >= 0.6 is 11.8 Å². The smallest absolute Gasteiger partial charge is 0.319 e. The topological polar surface area (TPSA) is 35.6 Å². The Morgan fingerprint density at radius 1 is 1.09 bits per heavy atom. The van der Waals surface area contributed by atoms with Crippen LogP contribution in [-0.2, 0) is 0 Å². The van der Waals surface area contributed by atoms with E-state index in [9.17, 15) is 4.79 Å². The van der Waals surface area contributed by atoms with Gasteiger partial charge in [0, 0.05) is 24.5 Å². The molecule has 0 bridgehead atoms. The third kappa shape index (κ3) is 4.88. The molecule has 2 heterocycles. The van der Waals surface area contributed by atoms with Crippen molar-refractivity contribution < 1.29 is 4.79 Å². The van der Waals surface area contributed by atoms with Gasteiger partial charge < -0.3 is 15.1 Å². The predicted molar refractivity (Wildman–Crippen MR) is 98.2 cm³/mol. The lowest BCUT2D eigenvalue weighted by Crippen LogP contribution is -2.50. The molecule has 2 saturated heterocycles. The van der Waals surface area contributed by atoms with E-state index >= 15 is 0 Å². The number of nitrogens with one attached hydrogen (secondary N) is 1. The van der Waals surface area contributed by atoms with Gasteiger partial charge in [-0.1, -0.05) is 24.6 Å². The van der Waals surface area contributed by atoms with Gasteiger partial charge in [-0.15, -0.1) is 0 Å². The lowest BCUT2D eigenvalue weighted by Gasteiger charge is -2.35. The number of rotatable bonds is 3. The molecule has 1 atom stereocenters. The van der Waals surface area contributed by atoms with Gasteiger partial charge in [0.25, 0.3) is 0 Å². The molecule has 0 radical (unpaired) electrons.